The molecule has 1 aliphatic carbocycles. The van der Waals surface area contributed by atoms with Crippen molar-refractivity contribution < 1.29 is 13.8 Å². The molecule has 0 N–H and O–H groups in total. The molecule has 1 aliphatic rings. The number of hydrogen-bond acceptors (Lipinski definition) is 4. The standard InChI is InChI=1S/C16H12ClNO3S/c1-22(2,21)18-12-8-4-6-10-14(12)16(20)9-5-3-7-11(17)13(9)15(10)19/h3-8H,1-2H3. The summed E-state index contributed by atoms with van der Waals surface area (Å²) in [6.45, 7) is 0. The fraction of sp³-hybridized carbons (Fsp3) is 0.125. The van der Waals surface area contributed by atoms with Crippen LogP contribution in [-0.2, 0) is 9.73 Å². The molecule has 0 spiro atoms. The zero-order valence-corrected chi connectivity index (χ0v) is 13.5. The van der Waals surface area contributed by atoms with E-state index in [0.717, 1.165) is 0 Å². The van der Waals surface area contributed by atoms with Crippen LogP contribution in [0.25, 0.3) is 0 Å². The second-order valence-electron chi connectivity index (χ2n) is 5.29. The number of ketones is 2. The van der Waals surface area contributed by atoms with Gasteiger partial charge in [-0.15, -0.1) is 0 Å². The Labute approximate surface area is 133 Å². The summed E-state index contributed by atoms with van der Waals surface area (Å²) in [6.07, 6.45) is 2.96. The van der Waals surface area contributed by atoms with Crippen LogP contribution in [-0.4, -0.2) is 28.3 Å². The van der Waals surface area contributed by atoms with Gasteiger partial charge in [0.1, 0.15) is 0 Å². The molecule has 0 amide bonds. The first kappa shape index (κ1) is 14.9. The largest absolute Gasteiger partial charge is 0.289 e. The number of nitrogens with zero attached hydrogens (tertiary/aromatic N) is 1. The summed E-state index contributed by atoms with van der Waals surface area (Å²) in [6, 6.07) is 9.54. The van der Waals surface area contributed by atoms with Gasteiger partial charge in [0.25, 0.3) is 0 Å². The third-order valence-corrected chi connectivity index (χ3v) is 4.27. The molecule has 0 atom stereocenters. The van der Waals surface area contributed by atoms with Crippen molar-refractivity contribution in [1.29, 1.82) is 0 Å². The predicted molar refractivity (Wildman–Crippen MR) is 86.8 cm³/mol. The van der Waals surface area contributed by atoms with Crippen molar-refractivity contribution in [2.45, 2.75) is 0 Å². The van der Waals surface area contributed by atoms with E-state index in [1.807, 2.05) is 0 Å². The van der Waals surface area contributed by atoms with Gasteiger partial charge in [-0.25, -0.2) is 4.21 Å². The average molecular weight is 334 g/mol. The number of carbonyl (C=O) groups is 2. The lowest BCUT2D eigenvalue weighted by Gasteiger charge is -2.19. The second kappa shape index (κ2) is 5.04. The molecule has 0 aliphatic heterocycles. The summed E-state index contributed by atoms with van der Waals surface area (Å²) in [5, 5.41) is 0.249. The molecule has 2 aromatic carbocycles. The topological polar surface area (TPSA) is 63.6 Å². The van der Waals surface area contributed by atoms with E-state index in [4.69, 9.17) is 11.6 Å². The summed E-state index contributed by atoms with van der Waals surface area (Å²) in [4.78, 5) is 25.4. The molecule has 3 rings (SSSR count). The highest BCUT2D eigenvalue weighted by atomic mass is 35.5. The first-order valence-corrected chi connectivity index (χ1v) is 9.18. The maximum Gasteiger partial charge on any atom is 0.196 e. The Bertz CT molecular complexity index is 948. The van der Waals surface area contributed by atoms with Gasteiger partial charge in [0.15, 0.2) is 11.6 Å². The average Bonchev–Trinajstić information content (AvgIpc) is 2.42. The molecule has 4 nitrogen and oxygen atoms in total. The molecule has 0 heterocycles. The Balaban J connectivity index is 2.36. The second-order valence-corrected chi connectivity index (χ2v) is 8.25. The number of hydrogen-bond donors (Lipinski definition) is 0. The van der Waals surface area contributed by atoms with Crippen LogP contribution in [0.5, 0.6) is 0 Å². The number of benzene rings is 2. The van der Waals surface area contributed by atoms with Crippen molar-refractivity contribution in [3.05, 3.63) is 63.7 Å². The molecule has 0 bridgehead atoms. The van der Waals surface area contributed by atoms with Crippen LogP contribution in [0.2, 0.25) is 5.02 Å². The molecule has 0 saturated heterocycles. The van der Waals surface area contributed by atoms with Crippen LogP contribution in [0.1, 0.15) is 31.8 Å². The third kappa shape index (κ3) is 2.36. The SMILES string of the molecule is CS(C)(=O)=Nc1cccc2c1C(=O)c1cccc(Cl)c1C2=O. The predicted octanol–water partition coefficient (Wildman–Crippen LogP) is 3.47. The fourth-order valence-electron chi connectivity index (χ4n) is 2.49. The first-order chi connectivity index (χ1) is 10.3. The normalized spacial score (nSPS) is 13.6. The van der Waals surface area contributed by atoms with Gasteiger partial charge in [0, 0.05) is 33.4 Å². The highest BCUT2D eigenvalue weighted by Gasteiger charge is 2.33. The Hall–Kier alpha value is -1.98. The number of rotatable bonds is 1. The number of fused-ring (bicyclic) bond motifs is 2. The van der Waals surface area contributed by atoms with Gasteiger partial charge >= 0.3 is 0 Å². The van der Waals surface area contributed by atoms with Gasteiger partial charge in [-0.05, 0) is 12.1 Å². The summed E-state index contributed by atoms with van der Waals surface area (Å²) in [7, 11) is -2.45. The zero-order chi connectivity index (χ0) is 16.1. The van der Waals surface area contributed by atoms with Gasteiger partial charge in [0.2, 0.25) is 0 Å². The van der Waals surface area contributed by atoms with Gasteiger partial charge in [-0.2, -0.15) is 4.36 Å². The van der Waals surface area contributed by atoms with E-state index in [0.29, 0.717) is 0 Å². The molecule has 0 fully saturated rings. The molecule has 22 heavy (non-hydrogen) atoms. The van der Waals surface area contributed by atoms with Gasteiger partial charge in [-0.1, -0.05) is 35.9 Å². The Morgan fingerprint density at radius 3 is 2.09 bits per heavy atom. The minimum Gasteiger partial charge on any atom is -0.289 e. The van der Waals surface area contributed by atoms with Gasteiger partial charge < -0.3 is 0 Å². The lowest BCUT2D eigenvalue weighted by Crippen LogP contribution is -2.21. The Kier molecular flexibility index (Phi) is 3.42. The summed E-state index contributed by atoms with van der Waals surface area (Å²) >= 11 is 6.07. The molecule has 0 aromatic heterocycles. The van der Waals surface area contributed by atoms with E-state index in [-0.39, 0.29) is 44.5 Å². The highest BCUT2D eigenvalue weighted by Crippen LogP contribution is 2.36. The van der Waals surface area contributed by atoms with Crippen molar-refractivity contribution in [3.8, 4) is 0 Å². The van der Waals surface area contributed by atoms with Crippen molar-refractivity contribution in [2.24, 2.45) is 4.36 Å². The smallest absolute Gasteiger partial charge is 0.196 e. The maximum atomic E-state index is 12.7. The highest BCUT2D eigenvalue weighted by molar-refractivity contribution is 7.92. The molecule has 0 radical (unpaired) electrons. The number of carbonyl (C=O) groups excluding carboxylic acids is 2. The van der Waals surface area contributed by atoms with Crippen LogP contribution in [0, 0.1) is 0 Å². The maximum absolute atomic E-state index is 12.7. The molecular weight excluding hydrogens is 322 g/mol. The summed E-state index contributed by atoms with van der Waals surface area (Å²) < 4.78 is 16.1. The fourth-order valence-corrected chi connectivity index (χ4v) is 3.38. The minimum absolute atomic E-state index is 0.193. The zero-order valence-electron chi connectivity index (χ0n) is 11.9. The monoisotopic (exact) mass is 333 g/mol. The van der Waals surface area contributed by atoms with Crippen molar-refractivity contribution in [1.82, 2.24) is 0 Å². The summed E-state index contributed by atoms with van der Waals surface area (Å²) in [5.74, 6) is -0.638. The molecule has 112 valence electrons. The van der Waals surface area contributed by atoms with Crippen LogP contribution in [0.15, 0.2) is 40.8 Å². The molecular formula is C16H12ClNO3S. The third-order valence-electron chi connectivity index (χ3n) is 3.32. The minimum atomic E-state index is -2.45. The van der Waals surface area contributed by atoms with E-state index in [2.05, 4.69) is 4.36 Å². The molecule has 0 saturated carbocycles. The molecule has 0 unspecified atom stereocenters. The van der Waals surface area contributed by atoms with E-state index < -0.39 is 9.73 Å². The first-order valence-electron chi connectivity index (χ1n) is 6.47. The van der Waals surface area contributed by atoms with Crippen molar-refractivity contribution in [3.63, 3.8) is 0 Å². The van der Waals surface area contributed by atoms with Crippen LogP contribution in [0.4, 0.5) is 5.69 Å². The van der Waals surface area contributed by atoms with E-state index in [1.165, 1.54) is 12.5 Å². The van der Waals surface area contributed by atoms with Crippen LogP contribution in [0.3, 0.4) is 0 Å². The van der Waals surface area contributed by atoms with Gasteiger partial charge in [0.05, 0.1) is 21.8 Å². The Morgan fingerprint density at radius 1 is 0.909 bits per heavy atom. The molecule has 6 heteroatoms. The lowest BCUT2D eigenvalue weighted by atomic mass is 9.83. The van der Waals surface area contributed by atoms with Crippen molar-refractivity contribution in [2.75, 3.05) is 12.5 Å². The van der Waals surface area contributed by atoms with Crippen LogP contribution < -0.4 is 0 Å². The quantitative estimate of drug-likeness (QED) is 0.685. The Morgan fingerprint density at radius 2 is 1.45 bits per heavy atom. The van der Waals surface area contributed by atoms with Crippen LogP contribution >= 0.6 is 11.6 Å². The number of halogens is 1. The van der Waals surface area contributed by atoms with Gasteiger partial charge in [-0.3, -0.25) is 9.59 Å². The lowest BCUT2D eigenvalue weighted by molar-refractivity contribution is 0.0979. The van der Waals surface area contributed by atoms with E-state index in [1.54, 1.807) is 36.4 Å². The van der Waals surface area contributed by atoms with E-state index in [9.17, 15) is 13.8 Å². The summed E-state index contributed by atoms with van der Waals surface area (Å²) in [5.41, 5.74) is 1.18. The van der Waals surface area contributed by atoms with E-state index >= 15 is 0 Å². The van der Waals surface area contributed by atoms with Crippen molar-refractivity contribution >= 4 is 38.6 Å². The molecule has 2 aromatic rings.